The molecule has 1 amide bonds. The molecule has 0 spiro atoms. The van der Waals surface area contributed by atoms with E-state index in [0.717, 1.165) is 74.6 Å². The molecule has 3 aromatic rings. The Balaban J connectivity index is 0.000000485. The lowest BCUT2D eigenvalue weighted by Gasteiger charge is -2.30. The van der Waals surface area contributed by atoms with Crippen LogP contribution in [0.1, 0.15) is 60.3 Å². The fourth-order valence-corrected chi connectivity index (χ4v) is 5.86. The van der Waals surface area contributed by atoms with E-state index in [2.05, 4.69) is 61.9 Å². The average molecular weight is 871 g/mol. The molecule has 60 heavy (non-hydrogen) atoms. The summed E-state index contributed by atoms with van der Waals surface area (Å²) < 4.78 is 95.2. The van der Waals surface area contributed by atoms with Crippen LogP contribution in [0.2, 0.25) is 0 Å². The molecule has 1 aliphatic heterocycles. The number of carboxylic acids is 3. The van der Waals surface area contributed by atoms with Gasteiger partial charge in [-0.25, -0.2) is 29.3 Å². The number of rotatable bonds is 9. The number of anilines is 1. The number of aromatic nitrogens is 2. The van der Waals surface area contributed by atoms with Gasteiger partial charge in [0.05, 0.1) is 17.6 Å². The number of aliphatic carboxylic acids is 3. The van der Waals surface area contributed by atoms with Gasteiger partial charge in [0.2, 0.25) is 5.82 Å². The number of aliphatic imine (C=N–C) groups is 1. The number of nitrogens with two attached hydrogens (primary N) is 2. The van der Waals surface area contributed by atoms with E-state index < -0.39 is 36.4 Å². The predicted molar refractivity (Wildman–Crippen MR) is 198 cm³/mol. The molecule has 5 rings (SSSR count). The van der Waals surface area contributed by atoms with Gasteiger partial charge < -0.3 is 37.4 Å². The smallest absolute Gasteiger partial charge is 0.475 e. The van der Waals surface area contributed by atoms with Crippen molar-refractivity contribution in [1.82, 2.24) is 20.2 Å². The molecule has 2 heterocycles. The summed E-state index contributed by atoms with van der Waals surface area (Å²) in [5.74, 6) is -7.01. The Morgan fingerprint density at radius 2 is 1.37 bits per heavy atom. The molecular formula is C36H43F9N8O7. The van der Waals surface area contributed by atoms with Gasteiger partial charge in [0, 0.05) is 25.0 Å². The Bertz CT molecular complexity index is 1870. The molecule has 1 saturated carbocycles. The number of aryl methyl sites for hydroxylation is 1. The van der Waals surface area contributed by atoms with E-state index in [-0.39, 0.29) is 29.8 Å². The molecule has 332 valence electrons. The number of hydrogen-bond acceptors (Lipinski definition) is 9. The minimum absolute atomic E-state index is 0.0243. The Kier molecular flexibility index (Phi) is 18.8. The van der Waals surface area contributed by atoms with Gasteiger partial charge in [-0.15, -0.1) is 0 Å². The lowest BCUT2D eigenvalue weighted by atomic mass is 9.90. The third-order valence-corrected chi connectivity index (χ3v) is 8.61. The fraction of sp³-hybridized carbons (Fsp3) is 0.472. The first kappa shape index (κ1) is 50.2. The van der Waals surface area contributed by atoms with Crippen molar-refractivity contribution in [3.05, 3.63) is 65.5 Å². The lowest BCUT2D eigenvalue weighted by molar-refractivity contribution is -0.193. The maximum Gasteiger partial charge on any atom is 0.490 e. The van der Waals surface area contributed by atoms with Crippen molar-refractivity contribution < 1.29 is 74.0 Å². The van der Waals surface area contributed by atoms with E-state index in [1.54, 1.807) is 0 Å². The number of fused-ring (bicyclic) bond motifs is 1. The number of guanidine groups is 1. The first-order valence-corrected chi connectivity index (χ1v) is 17.9. The molecule has 3 atom stereocenters. The first-order chi connectivity index (χ1) is 27.8. The third-order valence-electron chi connectivity index (χ3n) is 8.61. The van der Waals surface area contributed by atoms with Crippen molar-refractivity contribution in [2.24, 2.45) is 22.4 Å². The summed E-state index contributed by atoms with van der Waals surface area (Å²) in [6.45, 7) is 5.78. The Morgan fingerprint density at radius 1 is 0.817 bits per heavy atom. The monoisotopic (exact) mass is 870 g/mol. The second kappa shape index (κ2) is 22.4. The number of halogens is 9. The summed E-state index contributed by atoms with van der Waals surface area (Å²) in [5, 5.41) is 28.9. The number of nitrogens with one attached hydrogen (secondary N) is 2. The van der Waals surface area contributed by atoms with Crippen LogP contribution in [0.25, 0.3) is 10.9 Å². The summed E-state index contributed by atoms with van der Waals surface area (Å²) in [5.41, 5.74) is 14.6. The molecular weight excluding hydrogens is 827 g/mol. The van der Waals surface area contributed by atoms with Crippen LogP contribution in [0, 0.1) is 12.8 Å². The minimum atomic E-state index is -5.08. The molecule has 1 saturated heterocycles. The number of carboxylic acid groups (broad SMARTS) is 3. The van der Waals surface area contributed by atoms with Crippen LogP contribution in [0.4, 0.5) is 45.3 Å². The maximum atomic E-state index is 13.2. The van der Waals surface area contributed by atoms with Crippen LogP contribution in [0.5, 0.6) is 0 Å². The van der Waals surface area contributed by atoms with Gasteiger partial charge in [-0.1, -0.05) is 54.8 Å². The SMILES string of the molecule is Cc1ccc2nc(C(=O)NCCC3CCN(Cc4ccccc4)C3)nc(NC3CCCCC3N=C(N)N)c2c1.O=C(O)C(F)(F)F.O=C(O)C(F)(F)F.O=C(O)C(F)(F)F. The van der Waals surface area contributed by atoms with Crippen molar-refractivity contribution in [2.45, 2.75) is 82.6 Å². The zero-order chi connectivity index (χ0) is 45.4. The number of nitrogens with zero attached hydrogens (tertiary/aromatic N) is 4. The predicted octanol–water partition coefficient (Wildman–Crippen LogP) is 5.48. The van der Waals surface area contributed by atoms with E-state index in [0.29, 0.717) is 18.3 Å². The Morgan fingerprint density at radius 3 is 1.90 bits per heavy atom. The summed E-state index contributed by atoms with van der Waals surface area (Å²) in [6.07, 6.45) is -9.13. The number of carbonyl (C=O) groups is 4. The van der Waals surface area contributed by atoms with Crippen LogP contribution in [-0.4, -0.2) is 110 Å². The van der Waals surface area contributed by atoms with Crippen molar-refractivity contribution in [2.75, 3.05) is 25.0 Å². The molecule has 2 aliphatic rings. The van der Waals surface area contributed by atoms with Gasteiger partial charge in [0.15, 0.2) is 5.96 Å². The normalized spacial score (nSPS) is 17.9. The Hall–Kier alpha value is -5.94. The van der Waals surface area contributed by atoms with Crippen molar-refractivity contribution in [3.8, 4) is 0 Å². The quantitative estimate of drug-likeness (QED) is 0.0802. The summed E-state index contributed by atoms with van der Waals surface area (Å²) >= 11 is 0. The highest BCUT2D eigenvalue weighted by Gasteiger charge is 2.39. The third kappa shape index (κ3) is 17.9. The number of alkyl halides is 9. The van der Waals surface area contributed by atoms with Crippen LogP contribution in [0.3, 0.4) is 0 Å². The average Bonchev–Trinajstić information content (AvgIpc) is 3.59. The zero-order valence-corrected chi connectivity index (χ0v) is 31.7. The second-order valence-corrected chi connectivity index (χ2v) is 13.4. The molecule has 3 unspecified atom stereocenters. The molecule has 15 nitrogen and oxygen atoms in total. The molecule has 9 N–H and O–H groups in total. The Labute approximate surface area is 336 Å². The highest BCUT2D eigenvalue weighted by molar-refractivity contribution is 5.96. The molecule has 1 aromatic heterocycles. The van der Waals surface area contributed by atoms with Gasteiger partial charge in [-0.3, -0.25) is 9.69 Å². The minimum Gasteiger partial charge on any atom is -0.475 e. The summed E-state index contributed by atoms with van der Waals surface area (Å²) in [6, 6.07) is 16.6. The standard InChI is InChI=1S/C30H40N8O.3C2HF3O2/c1-20-11-12-24-23(17-20)27(35-25-9-5-6-10-26(25)36-30(31)32)37-28(34-24)29(39)33-15-13-22-14-16-38(19-22)18-21-7-3-2-4-8-21;3*3-2(4,5)1(6)7/h2-4,7-8,11-12,17,22,25-26H,5-6,9-10,13-16,18-19H2,1H3,(H,33,39)(H4,31,32,36)(H,34,35,37);3*(H,6,7). The van der Waals surface area contributed by atoms with Gasteiger partial charge in [-0.2, -0.15) is 39.5 Å². The lowest BCUT2D eigenvalue weighted by Crippen LogP contribution is -2.38. The van der Waals surface area contributed by atoms with Crippen molar-refractivity contribution in [1.29, 1.82) is 0 Å². The number of hydrogen-bond donors (Lipinski definition) is 7. The van der Waals surface area contributed by atoms with Gasteiger partial charge in [-0.05, 0) is 62.8 Å². The van der Waals surface area contributed by atoms with E-state index in [4.69, 9.17) is 46.2 Å². The van der Waals surface area contributed by atoms with Crippen LogP contribution < -0.4 is 22.1 Å². The molecule has 0 radical (unpaired) electrons. The van der Waals surface area contributed by atoms with E-state index in [1.165, 1.54) is 5.56 Å². The van der Waals surface area contributed by atoms with Crippen LogP contribution in [-0.2, 0) is 20.9 Å². The van der Waals surface area contributed by atoms with Gasteiger partial charge in [0.25, 0.3) is 5.91 Å². The molecule has 2 aromatic carbocycles. The molecule has 0 bridgehead atoms. The van der Waals surface area contributed by atoms with Gasteiger partial charge >= 0.3 is 36.4 Å². The van der Waals surface area contributed by atoms with Gasteiger partial charge in [0.1, 0.15) is 5.82 Å². The largest absolute Gasteiger partial charge is 0.490 e. The molecule has 1 aliphatic carbocycles. The van der Waals surface area contributed by atoms with E-state index in [9.17, 15) is 44.3 Å². The first-order valence-electron chi connectivity index (χ1n) is 17.9. The topological polar surface area (TPSA) is 246 Å². The van der Waals surface area contributed by atoms with Crippen LogP contribution >= 0.6 is 0 Å². The van der Waals surface area contributed by atoms with Crippen molar-refractivity contribution in [3.63, 3.8) is 0 Å². The zero-order valence-electron chi connectivity index (χ0n) is 31.7. The molecule has 2 fully saturated rings. The number of benzene rings is 2. The maximum absolute atomic E-state index is 13.2. The van der Waals surface area contributed by atoms with E-state index >= 15 is 0 Å². The highest BCUT2D eigenvalue weighted by Crippen LogP contribution is 2.28. The summed E-state index contributed by atoms with van der Waals surface area (Å²) in [7, 11) is 0. The number of amides is 1. The fourth-order valence-electron chi connectivity index (χ4n) is 5.86. The van der Waals surface area contributed by atoms with Crippen molar-refractivity contribution >= 4 is 46.5 Å². The number of carbonyl (C=O) groups excluding carboxylic acids is 1. The van der Waals surface area contributed by atoms with Crippen LogP contribution in [0.15, 0.2) is 53.5 Å². The number of likely N-dealkylation sites (tertiary alicyclic amines) is 1. The van der Waals surface area contributed by atoms with E-state index in [1.807, 2.05) is 19.1 Å². The highest BCUT2D eigenvalue weighted by atomic mass is 19.4. The summed E-state index contributed by atoms with van der Waals surface area (Å²) in [4.78, 5) is 56.1. The molecule has 24 heteroatoms. The second-order valence-electron chi connectivity index (χ2n) is 13.4.